The van der Waals surface area contributed by atoms with Crippen molar-refractivity contribution in [2.75, 3.05) is 70.0 Å². The molecule has 0 spiro atoms. The summed E-state index contributed by atoms with van der Waals surface area (Å²) in [7, 11) is 3.63. The number of nitrogens with zero attached hydrogens (tertiary/aromatic N) is 4. The highest BCUT2D eigenvalue weighted by atomic mass is 35.5. The van der Waals surface area contributed by atoms with Crippen molar-refractivity contribution in [3.63, 3.8) is 0 Å². The van der Waals surface area contributed by atoms with E-state index in [1.165, 1.54) is 0 Å². The quantitative estimate of drug-likeness (QED) is 0.283. The van der Waals surface area contributed by atoms with Crippen molar-refractivity contribution in [1.29, 1.82) is 0 Å². The maximum absolute atomic E-state index is 12.6. The smallest absolute Gasteiger partial charge is 0.324 e. The molecule has 0 aromatic heterocycles. The number of likely N-dealkylation sites (N-methyl/N-ethyl adjacent to an activating group) is 1. The van der Waals surface area contributed by atoms with Gasteiger partial charge in [-0.3, -0.25) is 24.3 Å². The van der Waals surface area contributed by atoms with E-state index in [2.05, 4.69) is 9.80 Å². The average Bonchev–Trinajstić information content (AvgIpc) is 2.93. The molecule has 4 rings (SSSR count). The van der Waals surface area contributed by atoms with Crippen LogP contribution in [0.15, 0.2) is 36.4 Å². The van der Waals surface area contributed by atoms with E-state index < -0.39 is 0 Å². The number of amides is 1. The minimum Gasteiger partial charge on any atom is -0.494 e. The molecule has 0 saturated carbocycles. The molecule has 0 N–H and O–H groups in total. The molecule has 212 valence electrons. The number of anilines is 2. The molecule has 0 radical (unpaired) electrons. The molecule has 0 aliphatic carbocycles. The molecule has 1 amide bonds. The Kier molecular flexibility index (Phi) is 10.4. The van der Waals surface area contributed by atoms with E-state index in [1.807, 2.05) is 50.5 Å². The molecular formula is C29H38Cl2N4O4. The maximum atomic E-state index is 12.6. The van der Waals surface area contributed by atoms with E-state index in [4.69, 9.17) is 32.7 Å². The minimum atomic E-state index is -0.385. The molecule has 2 aliphatic heterocycles. The number of rotatable bonds is 11. The normalized spacial score (nSPS) is 16.8. The van der Waals surface area contributed by atoms with Gasteiger partial charge in [-0.1, -0.05) is 35.3 Å². The zero-order chi connectivity index (χ0) is 27.9. The Hall–Kier alpha value is -2.52. The number of halogens is 2. The van der Waals surface area contributed by atoms with Crippen molar-refractivity contribution in [2.24, 2.45) is 0 Å². The summed E-state index contributed by atoms with van der Waals surface area (Å²) in [5.74, 6) is 0.304. The zero-order valence-electron chi connectivity index (χ0n) is 23.0. The lowest BCUT2D eigenvalue weighted by Gasteiger charge is -2.36. The molecular weight excluding hydrogens is 539 g/mol. The monoisotopic (exact) mass is 576 g/mol. The van der Waals surface area contributed by atoms with Gasteiger partial charge in [0.1, 0.15) is 11.8 Å². The first-order chi connectivity index (χ1) is 18.7. The van der Waals surface area contributed by atoms with Crippen LogP contribution in [0.4, 0.5) is 11.4 Å². The predicted octanol–water partition coefficient (Wildman–Crippen LogP) is 4.70. The highest BCUT2D eigenvalue weighted by Crippen LogP contribution is 2.33. The molecule has 1 saturated heterocycles. The van der Waals surface area contributed by atoms with Gasteiger partial charge in [0.05, 0.1) is 28.0 Å². The fourth-order valence-corrected chi connectivity index (χ4v) is 5.20. The summed E-state index contributed by atoms with van der Waals surface area (Å²) < 4.78 is 11.5. The first-order valence-electron chi connectivity index (χ1n) is 13.5. The molecule has 0 bridgehead atoms. The van der Waals surface area contributed by atoms with E-state index >= 15 is 0 Å². The minimum absolute atomic E-state index is 0.0531. The van der Waals surface area contributed by atoms with Crippen LogP contribution in [0.1, 0.15) is 31.7 Å². The maximum Gasteiger partial charge on any atom is 0.324 e. The van der Waals surface area contributed by atoms with E-state index in [-0.39, 0.29) is 24.6 Å². The summed E-state index contributed by atoms with van der Waals surface area (Å²) in [4.78, 5) is 33.0. The topological polar surface area (TPSA) is 65.6 Å². The van der Waals surface area contributed by atoms with Crippen LogP contribution in [0.2, 0.25) is 10.0 Å². The molecule has 8 nitrogen and oxygen atoms in total. The van der Waals surface area contributed by atoms with Gasteiger partial charge in [-0.15, -0.1) is 0 Å². The van der Waals surface area contributed by atoms with Crippen molar-refractivity contribution < 1.29 is 19.1 Å². The van der Waals surface area contributed by atoms with Crippen molar-refractivity contribution in [1.82, 2.24) is 9.80 Å². The van der Waals surface area contributed by atoms with Crippen molar-refractivity contribution in [2.45, 2.75) is 38.6 Å². The number of aryl methyl sites for hydroxylation is 1. The number of piperazine rings is 1. The van der Waals surface area contributed by atoms with Crippen molar-refractivity contribution >= 4 is 46.5 Å². The molecule has 2 aromatic carbocycles. The second-order valence-corrected chi connectivity index (χ2v) is 11.1. The van der Waals surface area contributed by atoms with Gasteiger partial charge in [0, 0.05) is 38.7 Å². The van der Waals surface area contributed by atoms with Gasteiger partial charge in [0.2, 0.25) is 5.91 Å². The Balaban J connectivity index is 1.21. The molecule has 1 fully saturated rings. The zero-order valence-corrected chi connectivity index (χ0v) is 24.5. The van der Waals surface area contributed by atoms with Crippen LogP contribution >= 0.6 is 23.2 Å². The third-order valence-electron chi connectivity index (χ3n) is 7.49. The molecule has 2 heterocycles. The Morgan fingerprint density at radius 1 is 1.03 bits per heavy atom. The lowest BCUT2D eigenvalue weighted by atomic mass is 10.0. The third-order valence-corrected chi connectivity index (χ3v) is 8.30. The van der Waals surface area contributed by atoms with Crippen molar-refractivity contribution in [3.05, 3.63) is 52.0 Å². The van der Waals surface area contributed by atoms with Crippen LogP contribution in [-0.2, 0) is 20.7 Å². The lowest BCUT2D eigenvalue weighted by Crippen LogP contribution is -2.46. The predicted molar refractivity (Wildman–Crippen MR) is 156 cm³/mol. The standard InChI is InChI=1S/C29H38Cl2N4O4/c1-21(32(2)3)29(37)39-20-35-26-19-23(11-9-22(26)10-12-27(35)36)38-18-5-4-13-33-14-16-34(17-15-33)25-8-6-7-24(30)28(25)31/h6-9,11,19,21H,4-5,10,12-18,20H2,1-3H3. The van der Waals surface area contributed by atoms with Crippen LogP contribution in [0, 0.1) is 0 Å². The van der Waals surface area contributed by atoms with Gasteiger partial charge in [0.15, 0.2) is 6.73 Å². The average molecular weight is 578 g/mol. The summed E-state index contributed by atoms with van der Waals surface area (Å²) in [5, 5.41) is 1.22. The fraction of sp³-hybridized carbons (Fsp3) is 0.517. The Morgan fingerprint density at radius 2 is 1.79 bits per heavy atom. The molecule has 1 unspecified atom stereocenters. The molecule has 10 heteroatoms. The second kappa shape index (κ2) is 13.7. The molecule has 2 aliphatic rings. The van der Waals surface area contributed by atoms with Crippen LogP contribution in [0.3, 0.4) is 0 Å². The van der Waals surface area contributed by atoms with E-state index in [9.17, 15) is 9.59 Å². The number of hydrogen-bond donors (Lipinski definition) is 0. The number of esters is 1. The first kappa shape index (κ1) is 29.5. The number of hydrogen-bond acceptors (Lipinski definition) is 7. The van der Waals surface area contributed by atoms with Gasteiger partial charge in [-0.25, -0.2) is 0 Å². The van der Waals surface area contributed by atoms with Gasteiger partial charge in [-0.05, 0) is 70.6 Å². The Morgan fingerprint density at radius 3 is 2.54 bits per heavy atom. The van der Waals surface area contributed by atoms with E-state index in [0.29, 0.717) is 35.2 Å². The second-order valence-electron chi connectivity index (χ2n) is 10.3. The first-order valence-corrected chi connectivity index (χ1v) is 14.3. The summed E-state index contributed by atoms with van der Waals surface area (Å²) in [6, 6.07) is 11.2. The van der Waals surface area contributed by atoms with Gasteiger partial charge in [-0.2, -0.15) is 0 Å². The summed E-state index contributed by atoms with van der Waals surface area (Å²) in [5.41, 5.74) is 2.81. The number of unbranched alkanes of at least 4 members (excludes halogenated alkanes) is 1. The SMILES string of the molecule is CC(C(=O)OCN1C(=O)CCc2ccc(OCCCCN3CCN(c4cccc(Cl)c4Cl)CC3)cc21)N(C)C. The number of fused-ring (bicyclic) bond motifs is 1. The third kappa shape index (κ3) is 7.57. The van der Waals surface area contributed by atoms with E-state index in [1.54, 1.807) is 16.7 Å². The van der Waals surface area contributed by atoms with Gasteiger partial charge >= 0.3 is 5.97 Å². The number of benzene rings is 2. The van der Waals surface area contributed by atoms with Crippen LogP contribution in [0.5, 0.6) is 5.75 Å². The van der Waals surface area contributed by atoms with Gasteiger partial charge < -0.3 is 14.4 Å². The number of carbonyl (C=O) groups excluding carboxylic acids is 2. The fourth-order valence-electron chi connectivity index (χ4n) is 4.78. The Bertz CT molecular complexity index is 1150. The van der Waals surface area contributed by atoms with E-state index in [0.717, 1.165) is 62.5 Å². The molecule has 39 heavy (non-hydrogen) atoms. The highest BCUT2D eigenvalue weighted by molar-refractivity contribution is 6.43. The summed E-state index contributed by atoms with van der Waals surface area (Å²) >= 11 is 12.6. The number of ether oxygens (including phenoxy) is 2. The largest absolute Gasteiger partial charge is 0.494 e. The molecule has 1 atom stereocenters. The number of carbonyl (C=O) groups is 2. The highest BCUT2D eigenvalue weighted by Gasteiger charge is 2.27. The van der Waals surface area contributed by atoms with Crippen LogP contribution in [0.25, 0.3) is 0 Å². The van der Waals surface area contributed by atoms with Crippen molar-refractivity contribution in [3.8, 4) is 5.75 Å². The lowest BCUT2D eigenvalue weighted by molar-refractivity contribution is -0.148. The Labute approximate surface area is 241 Å². The molecule has 2 aromatic rings. The van der Waals surface area contributed by atoms with Crippen LogP contribution in [-0.4, -0.2) is 87.9 Å². The van der Waals surface area contributed by atoms with Crippen LogP contribution < -0.4 is 14.5 Å². The summed E-state index contributed by atoms with van der Waals surface area (Å²) in [6.07, 6.45) is 3.03. The van der Waals surface area contributed by atoms with Gasteiger partial charge in [0.25, 0.3) is 0 Å². The summed E-state index contributed by atoms with van der Waals surface area (Å²) in [6.45, 7) is 7.10.